The summed E-state index contributed by atoms with van der Waals surface area (Å²) in [4.78, 5) is 0. The third-order valence-electron chi connectivity index (χ3n) is 5.76. The molecule has 0 aliphatic rings. The van der Waals surface area contributed by atoms with E-state index in [0.717, 1.165) is 17.5 Å². The second kappa shape index (κ2) is 12.2. The first-order valence-corrected chi connectivity index (χ1v) is 11.9. The standard InChI is InChI=1S/C31H32O4/c1-31(32,24-33-18-17-25-11-5-2-6-12-25)28-19-29(34-22-26-13-7-3-8-14-26)21-30(20-28)35-23-27-15-9-4-10-16-27/h2-16,19-21,32H,17-18,22-24H2,1H3. The number of hydrogen-bond acceptors (Lipinski definition) is 4. The highest BCUT2D eigenvalue weighted by atomic mass is 16.5. The molecular formula is C31H32O4. The number of benzene rings is 4. The van der Waals surface area contributed by atoms with Crippen molar-refractivity contribution in [3.05, 3.63) is 131 Å². The van der Waals surface area contributed by atoms with E-state index in [-0.39, 0.29) is 6.61 Å². The highest BCUT2D eigenvalue weighted by molar-refractivity contribution is 5.41. The third kappa shape index (κ3) is 7.71. The first-order valence-electron chi connectivity index (χ1n) is 11.9. The van der Waals surface area contributed by atoms with Crippen molar-refractivity contribution < 1.29 is 19.3 Å². The summed E-state index contributed by atoms with van der Waals surface area (Å²) < 4.78 is 18.0. The third-order valence-corrected chi connectivity index (χ3v) is 5.76. The van der Waals surface area contributed by atoms with Crippen LogP contribution in [0.15, 0.2) is 109 Å². The Labute approximate surface area is 207 Å². The summed E-state index contributed by atoms with van der Waals surface area (Å²) >= 11 is 0. The zero-order chi connectivity index (χ0) is 24.3. The molecule has 0 fully saturated rings. The van der Waals surface area contributed by atoms with Gasteiger partial charge in [0.15, 0.2) is 0 Å². The maximum absolute atomic E-state index is 11.3. The quantitative estimate of drug-likeness (QED) is 0.248. The normalized spacial score (nSPS) is 12.6. The molecule has 0 saturated heterocycles. The van der Waals surface area contributed by atoms with Gasteiger partial charge in [-0.15, -0.1) is 0 Å². The van der Waals surface area contributed by atoms with Crippen LogP contribution in [0, 0.1) is 0 Å². The zero-order valence-electron chi connectivity index (χ0n) is 20.1. The van der Waals surface area contributed by atoms with Crippen LogP contribution in [0.4, 0.5) is 0 Å². The fourth-order valence-electron chi connectivity index (χ4n) is 3.72. The Morgan fingerprint density at radius 2 is 1.09 bits per heavy atom. The van der Waals surface area contributed by atoms with Crippen molar-refractivity contribution in [1.29, 1.82) is 0 Å². The van der Waals surface area contributed by atoms with E-state index >= 15 is 0 Å². The molecule has 0 aromatic heterocycles. The van der Waals surface area contributed by atoms with Crippen LogP contribution in [0.1, 0.15) is 29.2 Å². The molecule has 0 aliphatic carbocycles. The lowest BCUT2D eigenvalue weighted by atomic mass is 9.96. The number of rotatable bonds is 12. The van der Waals surface area contributed by atoms with Gasteiger partial charge in [0.2, 0.25) is 0 Å². The van der Waals surface area contributed by atoms with Crippen LogP contribution in [0.5, 0.6) is 11.5 Å². The minimum atomic E-state index is -1.20. The molecule has 0 bridgehead atoms. The molecule has 4 rings (SSSR count). The van der Waals surface area contributed by atoms with Gasteiger partial charge in [0, 0.05) is 6.07 Å². The summed E-state index contributed by atoms with van der Waals surface area (Å²) in [6.07, 6.45) is 0.794. The monoisotopic (exact) mass is 468 g/mol. The van der Waals surface area contributed by atoms with Gasteiger partial charge in [-0.2, -0.15) is 0 Å². The van der Waals surface area contributed by atoms with Crippen LogP contribution in [-0.4, -0.2) is 18.3 Å². The summed E-state index contributed by atoms with van der Waals surface area (Å²) in [6, 6.07) is 35.8. The summed E-state index contributed by atoms with van der Waals surface area (Å²) in [7, 11) is 0. The molecular weight excluding hydrogens is 436 g/mol. The highest BCUT2D eigenvalue weighted by Gasteiger charge is 2.25. The Bertz CT molecular complexity index is 1100. The van der Waals surface area contributed by atoms with Gasteiger partial charge in [-0.25, -0.2) is 0 Å². The molecule has 0 spiro atoms. The number of ether oxygens (including phenoxy) is 3. The van der Waals surface area contributed by atoms with E-state index in [9.17, 15) is 5.11 Å². The second-order valence-electron chi connectivity index (χ2n) is 8.80. The molecule has 4 aromatic carbocycles. The molecule has 0 aliphatic heterocycles. The average molecular weight is 469 g/mol. The van der Waals surface area contributed by atoms with Crippen molar-refractivity contribution in [2.24, 2.45) is 0 Å². The van der Waals surface area contributed by atoms with Crippen molar-refractivity contribution in [3.63, 3.8) is 0 Å². The molecule has 1 unspecified atom stereocenters. The van der Waals surface area contributed by atoms with Gasteiger partial charge in [0.1, 0.15) is 30.3 Å². The molecule has 180 valence electrons. The predicted molar refractivity (Wildman–Crippen MR) is 139 cm³/mol. The highest BCUT2D eigenvalue weighted by Crippen LogP contribution is 2.31. The maximum atomic E-state index is 11.3. The zero-order valence-corrected chi connectivity index (χ0v) is 20.1. The first kappa shape index (κ1) is 24.5. The Balaban J connectivity index is 1.45. The molecule has 4 aromatic rings. The van der Waals surface area contributed by atoms with E-state index in [2.05, 4.69) is 12.1 Å². The molecule has 1 N–H and O–H groups in total. The van der Waals surface area contributed by atoms with Crippen molar-refractivity contribution in [3.8, 4) is 11.5 Å². The Morgan fingerprint density at radius 3 is 1.57 bits per heavy atom. The van der Waals surface area contributed by atoms with Gasteiger partial charge in [-0.05, 0) is 47.7 Å². The Kier molecular flexibility index (Phi) is 8.55. The van der Waals surface area contributed by atoms with E-state index in [4.69, 9.17) is 14.2 Å². The van der Waals surface area contributed by atoms with Crippen LogP contribution in [0.2, 0.25) is 0 Å². The van der Waals surface area contributed by atoms with Crippen LogP contribution in [-0.2, 0) is 30.0 Å². The van der Waals surface area contributed by atoms with E-state index in [1.165, 1.54) is 5.56 Å². The van der Waals surface area contributed by atoms with Crippen molar-refractivity contribution in [2.45, 2.75) is 32.2 Å². The summed E-state index contributed by atoms with van der Waals surface area (Å²) in [5.41, 5.74) is 2.83. The average Bonchev–Trinajstić information content (AvgIpc) is 2.90. The van der Waals surface area contributed by atoms with Crippen molar-refractivity contribution in [2.75, 3.05) is 13.2 Å². The van der Waals surface area contributed by atoms with Crippen LogP contribution < -0.4 is 9.47 Å². The predicted octanol–water partition coefficient (Wildman–Crippen LogP) is 6.31. The first-order chi connectivity index (χ1) is 17.1. The second-order valence-corrected chi connectivity index (χ2v) is 8.80. The molecule has 35 heavy (non-hydrogen) atoms. The summed E-state index contributed by atoms with van der Waals surface area (Å²) in [5, 5.41) is 11.3. The topological polar surface area (TPSA) is 47.9 Å². The number of hydrogen-bond donors (Lipinski definition) is 1. The summed E-state index contributed by atoms with van der Waals surface area (Å²) in [6.45, 7) is 3.31. The van der Waals surface area contributed by atoms with Gasteiger partial charge < -0.3 is 19.3 Å². The van der Waals surface area contributed by atoms with E-state index in [1.54, 1.807) is 6.92 Å². The minimum absolute atomic E-state index is 0.167. The minimum Gasteiger partial charge on any atom is -0.489 e. The smallest absolute Gasteiger partial charge is 0.123 e. The Morgan fingerprint density at radius 1 is 0.629 bits per heavy atom. The van der Waals surface area contributed by atoms with Gasteiger partial charge in [-0.3, -0.25) is 0 Å². The molecule has 0 radical (unpaired) electrons. The van der Waals surface area contributed by atoms with Crippen molar-refractivity contribution in [1.82, 2.24) is 0 Å². The molecule has 0 amide bonds. The van der Waals surface area contributed by atoms with E-state index in [1.807, 2.05) is 97.1 Å². The van der Waals surface area contributed by atoms with Gasteiger partial charge in [0.05, 0.1) is 13.2 Å². The van der Waals surface area contributed by atoms with Gasteiger partial charge >= 0.3 is 0 Å². The van der Waals surface area contributed by atoms with Gasteiger partial charge in [-0.1, -0.05) is 91.0 Å². The van der Waals surface area contributed by atoms with E-state index < -0.39 is 5.60 Å². The Hall–Kier alpha value is -3.60. The fraction of sp³-hybridized carbons (Fsp3) is 0.226. The van der Waals surface area contributed by atoms with Crippen LogP contribution in [0.25, 0.3) is 0 Å². The van der Waals surface area contributed by atoms with Gasteiger partial charge in [0.25, 0.3) is 0 Å². The molecule has 0 heterocycles. The molecule has 1 atom stereocenters. The van der Waals surface area contributed by atoms with Crippen molar-refractivity contribution >= 4 is 0 Å². The largest absolute Gasteiger partial charge is 0.489 e. The summed E-state index contributed by atoms with van der Waals surface area (Å²) in [5.74, 6) is 1.28. The van der Waals surface area contributed by atoms with Crippen LogP contribution >= 0.6 is 0 Å². The maximum Gasteiger partial charge on any atom is 0.123 e. The van der Waals surface area contributed by atoms with Crippen LogP contribution in [0.3, 0.4) is 0 Å². The lowest BCUT2D eigenvalue weighted by molar-refractivity contribution is -0.0372. The lowest BCUT2D eigenvalue weighted by Crippen LogP contribution is -2.28. The molecule has 0 saturated carbocycles. The van der Waals surface area contributed by atoms with E-state index in [0.29, 0.717) is 36.9 Å². The lowest BCUT2D eigenvalue weighted by Gasteiger charge is -2.25. The molecule has 4 nitrogen and oxygen atoms in total. The SMILES string of the molecule is CC(O)(COCCc1ccccc1)c1cc(OCc2ccccc2)cc(OCc2ccccc2)c1. The molecule has 4 heteroatoms. The fourth-order valence-corrected chi connectivity index (χ4v) is 3.72. The number of aliphatic hydroxyl groups is 1.